The molecule has 0 saturated carbocycles. The van der Waals surface area contributed by atoms with Crippen LogP contribution in [0.2, 0.25) is 0 Å². The van der Waals surface area contributed by atoms with Gasteiger partial charge in [-0.25, -0.2) is 4.79 Å². The highest BCUT2D eigenvalue weighted by Gasteiger charge is 2.33. The Morgan fingerprint density at radius 1 is 1.12 bits per heavy atom. The predicted octanol–water partition coefficient (Wildman–Crippen LogP) is 3.88. The van der Waals surface area contributed by atoms with Gasteiger partial charge in [-0.15, -0.1) is 0 Å². The van der Waals surface area contributed by atoms with Gasteiger partial charge < -0.3 is 4.74 Å². The second-order valence-corrected chi connectivity index (χ2v) is 6.64. The first-order chi connectivity index (χ1) is 11.6. The van der Waals surface area contributed by atoms with Gasteiger partial charge in [0.1, 0.15) is 0 Å². The lowest BCUT2D eigenvalue weighted by atomic mass is 10.1. The molecule has 2 aromatic carbocycles. The average molecular weight is 355 g/mol. The highest BCUT2D eigenvalue weighted by molar-refractivity contribution is 8.27. The first-order valence-electron chi connectivity index (χ1n) is 7.11. The largest absolute Gasteiger partial charge is 0.465 e. The number of carbonyl (C=O) groups is 2. The molecule has 1 aliphatic rings. The number of rotatable bonds is 3. The van der Waals surface area contributed by atoms with Crippen molar-refractivity contribution in [3.8, 4) is 0 Å². The van der Waals surface area contributed by atoms with Gasteiger partial charge in [-0.05, 0) is 35.9 Å². The number of methoxy groups -OCH3 is 1. The number of hydrogen-bond donors (Lipinski definition) is 0. The summed E-state index contributed by atoms with van der Waals surface area (Å²) in [5.41, 5.74) is 2.03. The van der Waals surface area contributed by atoms with Crippen molar-refractivity contribution in [3.05, 3.63) is 70.6 Å². The molecule has 0 spiro atoms. The van der Waals surface area contributed by atoms with Crippen molar-refractivity contribution >= 4 is 51.9 Å². The van der Waals surface area contributed by atoms with Crippen molar-refractivity contribution in [1.29, 1.82) is 0 Å². The van der Waals surface area contributed by atoms with Crippen molar-refractivity contribution in [2.45, 2.75) is 0 Å². The molecule has 1 aliphatic heterocycles. The SMILES string of the molecule is COC(=O)c1ccc(C=C2SC(=S)N(c3ccccc3)C2=O)cc1. The first-order valence-corrected chi connectivity index (χ1v) is 8.34. The maximum atomic E-state index is 12.6. The number of benzene rings is 2. The van der Waals surface area contributed by atoms with Crippen molar-refractivity contribution in [2.24, 2.45) is 0 Å². The summed E-state index contributed by atoms with van der Waals surface area (Å²) in [5.74, 6) is -0.537. The van der Waals surface area contributed by atoms with E-state index in [1.807, 2.05) is 30.3 Å². The summed E-state index contributed by atoms with van der Waals surface area (Å²) in [7, 11) is 1.34. The molecule has 0 unspecified atom stereocenters. The Balaban J connectivity index is 1.85. The Hall–Kier alpha value is -2.44. The lowest BCUT2D eigenvalue weighted by Gasteiger charge is -2.13. The van der Waals surface area contributed by atoms with E-state index < -0.39 is 5.97 Å². The van der Waals surface area contributed by atoms with Gasteiger partial charge in [-0.1, -0.05) is 54.3 Å². The summed E-state index contributed by atoms with van der Waals surface area (Å²) >= 11 is 6.59. The molecule has 0 radical (unpaired) electrons. The summed E-state index contributed by atoms with van der Waals surface area (Å²) in [4.78, 5) is 26.1. The molecule has 4 nitrogen and oxygen atoms in total. The van der Waals surface area contributed by atoms with Gasteiger partial charge in [-0.3, -0.25) is 9.69 Å². The molecule has 0 aromatic heterocycles. The Bertz CT molecular complexity index is 829. The van der Waals surface area contributed by atoms with E-state index in [1.165, 1.54) is 23.8 Å². The molecular formula is C18H13NO3S2. The quantitative estimate of drug-likeness (QED) is 0.475. The van der Waals surface area contributed by atoms with Crippen LogP contribution >= 0.6 is 24.0 Å². The number of ether oxygens (including phenoxy) is 1. The van der Waals surface area contributed by atoms with Gasteiger partial charge in [0.25, 0.3) is 5.91 Å². The van der Waals surface area contributed by atoms with E-state index in [9.17, 15) is 9.59 Å². The van der Waals surface area contributed by atoms with Gasteiger partial charge in [0.2, 0.25) is 0 Å². The van der Waals surface area contributed by atoms with Gasteiger partial charge >= 0.3 is 5.97 Å². The van der Waals surface area contributed by atoms with Crippen LogP contribution in [0.4, 0.5) is 5.69 Å². The molecule has 3 rings (SSSR count). The molecule has 0 atom stereocenters. The molecule has 1 fully saturated rings. The smallest absolute Gasteiger partial charge is 0.337 e. The monoisotopic (exact) mass is 355 g/mol. The van der Waals surface area contributed by atoms with Gasteiger partial charge in [-0.2, -0.15) is 0 Å². The van der Waals surface area contributed by atoms with Crippen LogP contribution in [0.15, 0.2) is 59.5 Å². The number of thioether (sulfide) groups is 1. The Kier molecular flexibility index (Phi) is 4.78. The highest BCUT2D eigenvalue weighted by Crippen LogP contribution is 2.35. The number of esters is 1. The van der Waals surface area contributed by atoms with Gasteiger partial charge in [0.15, 0.2) is 4.32 Å². The highest BCUT2D eigenvalue weighted by atomic mass is 32.2. The number of thiocarbonyl (C=S) groups is 1. The van der Waals surface area contributed by atoms with Crippen LogP contribution in [0.1, 0.15) is 15.9 Å². The van der Waals surface area contributed by atoms with Crippen molar-refractivity contribution in [3.63, 3.8) is 0 Å². The maximum Gasteiger partial charge on any atom is 0.337 e. The van der Waals surface area contributed by atoms with Crippen LogP contribution < -0.4 is 4.90 Å². The number of anilines is 1. The number of hydrogen-bond acceptors (Lipinski definition) is 5. The fraction of sp³-hybridized carbons (Fsp3) is 0.0556. The van der Waals surface area contributed by atoms with Crippen LogP contribution in [-0.4, -0.2) is 23.3 Å². The van der Waals surface area contributed by atoms with Gasteiger partial charge in [0, 0.05) is 0 Å². The normalized spacial score (nSPS) is 15.9. The zero-order chi connectivity index (χ0) is 17.1. The average Bonchev–Trinajstić information content (AvgIpc) is 2.89. The third-order valence-corrected chi connectivity index (χ3v) is 4.74. The fourth-order valence-corrected chi connectivity index (χ4v) is 3.55. The van der Waals surface area contributed by atoms with E-state index in [4.69, 9.17) is 12.2 Å². The van der Waals surface area contributed by atoms with Crippen molar-refractivity contribution < 1.29 is 14.3 Å². The zero-order valence-electron chi connectivity index (χ0n) is 12.8. The van der Waals surface area contributed by atoms with Crippen LogP contribution in [0, 0.1) is 0 Å². The number of carbonyl (C=O) groups excluding carboxylic acids is 2. The maximum absolute atomic E-state index is 12.6. The molecule has 24 heavy (non-hydrogen) atoms. The molecule has 0 N–H and O–H groups in total. The molecule has 1 saturated heterocycles. The van der Waals surface area contributed by atoms with Crippen LogP contribution in [0.3, 0.4) is 0 Å². The fourth-order valence-electron chi connectivity index (χ4n) is 2.25. The van der Waals surface area contributed by atoms with E-state index in [1.54, 1.807) is 30.3 Å². The summed E-state index contributed by atoms with van der Waals surface area (Å²) in [6.45, 7) is 0. The molecule has 0 bridgehead atoms. The second kappa shape index (κ2) is 6.98. The molecule has 120 valence electrons. The molecular weight excluding hydrogens is 342 g/mol. The Labute approximate surface area is 149 Å². The van der Waals surface area contributed by atoms with E-state index in [0.29, 0.717) is 14.8 Å². The lowest BCUT2D eigenvalue weighted by molar-refractivity contribution is -0.113. The number of para-hydroxylation sites is 1. The van der Waals surface area contributed by atoms with E-state index in [2.05, 4.69) is 4.74 Å². The van der Waals surface area contributed by atoms with Gasteiger partial charge in [0.05, 0.1) is 23.3 Å². The minimum atomic E-state index is -0.392. The minimum absolute atomic E-state index is 0.145. The third-order valence-electron chi connectivity index (χ3n) is 3.44. The second-order valence-electron chi connectivity index (χ2n) is 4.97. The van der Waals surface area contributed by atoms with Crippen molar-refractivity contribution in [2.75, 3.05) is 12.0 Å². The van der Waals surface area contributed by atoms with Crippen molar-refractivity contribution in [1.82, 2.24) is 0 Å². The molecule has 6 heteroatoms. The summed E-state index contributed by atoms with van der Waals surface area (Å²) in [6.07, 6.45) is 1.77. The molecule has 1 amide bonds. The molecule has 0 aliphatic carbocycles. The topological polar surface area (TPSA) is 46.6 Å². The number of nitrogens with zero attached hydrogens (tertiary/aromatic N) is 1. The summed E-state index contributed by atoms with van der Waals surface area (Å²) in [6, 6.07) is 16.2. The first kappa shape index (κ1) is 16.4. The summed E-state index contributed by atoms with van der Waals surface area (Å²) in [5, 5.41) is 0. The van der Waals surface area contributed by atoms with E-state index >= 15 is 0 Å². The standard InChI is InChI=1S/C18H13NO3S2/c1-22-17(21)13-9-7-12(8-10-13)11-15-16(20)19(18(23)24-15)14-5-3-2-4-6-14/h2-11H,1H3. The Morgan fingerprint density at radius 3 is 2.42 bits per heavy atom. The van der Waals surface area contributed by atoms with Crippen LogP contribution in [0.5, 0.6) is 0 Å². The minimum Gasteiger partial charge on any atom is -0.465 e. The van der Waals surface area contributed by atoms with Crippen LogP contribution in [-0.2, 0) is 9.53 Å². The van der Waals surface area contributed by atoms with E-state index in [0.717, 1.165) is 11.3 Å². The van der Waals surface area contributed by atoms with Crippen LogP contribution in [0.25, 0.3) is 6.08 Å². The molecule has 2 aromatic rings. The molecule has 1 heterocycles. The Morgan fingerprint density at radius 2 is 1.79 bits per heavy atom. The number of amides is 1. The lowest BCUT2D eigenvalue weighted by Crippen LogP contribution is -2.27. The zero-order valence-corrected chi connectivity index (χ0v) is 14.4. The summed E-state index contributed by atoms with van der Waals surface area (Å²) < 4.78 is 5.17. The predicted molar refractivity (Wildman–Crippen MR) is 99.9 cm³/mol. The third kappa shape index (κ3) is 3.25. The van der Waals surface area contributed by atoms with E-state index in [-0.39, 0.29) is 5.91 Å².